The summed E-state index contributed by atoms with van der Waals surface area (Å²) in [5, 5.41) is 11.2. The summed E-state index contributed by atoms with van der Waals surface area (Å²) in [7, 11) is 1.62. The summed E-state index contributed by atoms with van der Waals surface area (Å²) in [6.45, 7) is 0.681. The van der Waals surface area contributed by atoms with Crippen LogP contribution in [0.3, 0.4) is 0 Å². The number of benzene rings is 2. The van der Waals surface area contributed by atoms with E-state index in [2.05, 4.69) is 0 Å². The van der Waals surface area contributed by atoms with Crippen LogP contribution in [0.15, 0.2) is 60.2 Å². The molecule has 0 saturated carbocycles. The number of amides is 2. The molecule has 0 radical (unpaired) electrons. The molecular weight excluding hydrogens is 396 g/mol. The summed E-state index contributed by atoms with van der Waals surface area (Å²) < 4.78 is 5.72. The van der Waals surface area contributed by atoms with E-state index in [0.29, 0.717) is 23.4 Å². The number of likely N-dealkylation sites (N-methyl/N-ethyl adjacent to an activating group) is 1. The lowest BCUT2D eigenvalue weighted by Gasteiger charge is -2.35. The minimum absolute atomic E-state index is 0.101. The highest BCUT2D eigenvalue weighted by molar-refractivity contribution is 6.50. The van der Waals surface area contributed by atoms with Crippen molar-refractivity contribution in [2.75, 3.05) is 25.1 Å². The Morgan fingerprint density at radius 2 is 1.81 bits per heavy atom. The van der Waals surface area contributed by atoms with Crippen molar-refractivity contribution in [3.05, 3.63) is 71.3 Å². The van der Waals surface area contributed by atoms with E-state index < -0.39 is 23.1 Å². The van der Waals surface area contributed by atoms with Crippen molar-refractivity contribution in [1.29, 1.82) is 0 Å². The van der Waals surface area contributed by atoms with Crippen LogP contribution in [0.5, 0.6) is 0 Å². The van der Waals surface area contributed by atoms with Gasteiger partial charge >= 0.3 is 0 Å². The predicted molar refractivity (Wildman–Crippen MR) is 113 cm³/mol. The largest absolute Gasteiger partial charge is 0.507 e. The molecule has 2 atom stereocenters. The molecule has 1 spiro atoms. The number of para-hydroxylation sites is 1. The first-order valence-electron chi connectivity index (χ1n) is 10.3. The Hall–Kier alpha value is -3.45. The quantitative estimate of drug-likeness (QED) is 0.470. The number of fused-ring (bicyclic) bond motifs is 2. The Morgan fingerprint density at radius 1 is 1.10 bits per heavy atom. The summed E-state index contributed by atoms with van der Waals surface area (Å²) in [6, 6.07) is 15.6. The summed E-state index contributed by atoms with van der Waals surface area (Å²) >= 11 is 0. The van der Waals surface area contributed by atoms with Crippen LogP contribution in [0.25, 0.3) is 5.76 Å². The molecular formula is C24H22N2O5. The van der Waals surface area contributed by atoms with Gasteiger partial charge in [-0.2, -0.15) is 0 Å². The molecule has 3 heterocycles. The zero-order valence-electron chi connectivity index (χ0n) is 17.1. The van der Waals surface area contributed by atoms with E-state index in [-0.39, 0.29) is 24.0 Å². The molecule has 3 aliphatic rings. The molecule has 3 aliphatic heterocycles. The molecule has 31 heavy (non-hydrogen) atoms. The van der Waals surface area contributed by atoms with Crippen molar-refractivity contribution >= 4 is 29.0 Å². The molecule has 2 saturated heterocycles. The molecule has 2 aromatic carbocycles. The molecule has 5 rings (SSSR count). The number of nitrogens with zero attached hydrogens (tertiary/aromatic N) is 2. The Kier molecular flexibility index (Phi) is 4.44. The summed E-state index contributed by atoms with van der Waals surface area (Å²) in [6.07, 6.45) is 1.33. The molecule has 0 aliphatic carbocycles. The monoisotopic (exact) mass is 418 g/mol. The fourth-order valence-electron chi connectivity index (χ4n) is 4.95. The molecule has 2 fully saturated rings. The van der Waals surface area contributed by atoms with Crippen molar-refractivity contribution in [3.63, 3.8) is 0 Å². The number of likely N-dealkylation sites (tertiary alicyclic amines) is 1. The minimum atomic E-state index is -1.72. The van der Waals surface area contributed by atoms with Crippen LogP contribution >= 0.6 is 0 Å². The number of rotatable bonds is 3. The zero-order chi connectivity index (χ0) is 21.8. The number of anilines is 1. The average molecular weight is 418 g/mol. The highest BCUT2D eigenvalue weighted by Crippen LogP contribution is 2.53. The fourth-order valence-corrected chi connectivity index (χ4v) is 4.95. The molecule has 0 unspecified atom stereocenters. The first kappa shape index (κ1) is 19.5. The maximum Gasteiger partial charge on any atom is 0.296 e. The van der Waals surface area contributed by atoms with Gasteiger partial charge in [0, 0.05) is 37.0 Å². The maximum atomic E-state index is 13.8. The average Bonchev–Trinajstić information content (AvgIpc) is 3.45. The van der Waals surface area contributed by atoms with Crippen LogP contribution in [0.4, 0.5) is 5.69 Å². The predicted octanol–water partition coefficient (Wildman–Crippen LogP) is 2.42. The molecule has 158 valence electrons. The van der Waals surface area contributed by atoms with Crippen LogP contribution < -0.4 is 4.90 Å². The van der Waals surface area contributed by atoms with Crippen molar-refractivity contribution < 1.29 is 24.2 Å². The SMILES string of the molecule is CN1C(=O)[C@]2(C(=C(O)c3ccccc3)C(=O)C(=O)N2C[C@H]2CCCO2)c2ccccc21. The highest BCUT2D eigenvalue weighted by atomic mass is 16.5. The topological polar surface area (TPSA) is 87.2 Å². The standard InChI is InChI=1S/C24H22N2O5/c1-25-18-12-6-5-11-17(18)24(23(25)30)19(20(27)15-8-3-2-4-9-15)21(28)22(29)26(24)14-16-10-7-13-31-16/h2-6,8-9,11-12,16,27H,7,10,13-14H2,1H3/t16-,24-/m1/s1. The summed E-state index contributed by atoms with van der Waals surface area (Å²) in [4.78, 5) is 43.1. The fraction of sp³-hybridized carbons (Fsp3) is 0.292. The second kappa shape index (κ2) is 7.06. The van der Waals surface area contributed by atoms with Gasteiger partial charge in [-0.1, -0.05) is 48.5 Å². The van der Waals surface area contributed by atoms with Gasteiger partial charge in [-0.05, 0) is 18.9 Å². The lowest BCUT2D eigenvalue weighted by Crippen LogP contribution is -2.53. The number of ether oxygens (including phenoxy) is 1. The van der Waals surface area contributed by atoms with E-state index in [9.17, 15) is 19.5 Å². The van der Waals surface area contributed by atoms with Crippen molar-refractivity contribution in [3.8, 4) is 0 Å². The van der Waals surface area contributed by atoms with Crippen LogP contribution in [-0.4, -0.2) is 53.9 Å². The van der Waals surface area contributed by atoms with E-state index in [1.165, 1.54) is 9.80 Å². The first-order valence-corrected chi connectivity index (χ1v) is 10.3. The maximum absolute atomic E-state index is 13.8. The molecule has 2 amide bonds. The second-order valence-corrected chi connectivity index (χ2v) is 8.06. The molecule has 7 heteroatoms. The smallest absolute Gasteiger partial charge is 0.296 e. The molecule has 0 bridgehead atoms. The van der Waals surface area contributed by atoms with Crippen molar-refractivity contribution in [2.45, 2.75) is 24.5 Å². The second-order valence-electron chi connectivity index (χ2n) is 8.06. The van der Waals surface area contributed by atoms with Gasteiger partial charge in [-0.25, -0.2) is 0 Å². The van der Waals surface area contributed by atoms with Crippen molar-refractivity contribution in [1.82, 2.24) is 4.90 Å². The van der Waals surface area contributed by atoms with Gasteiger partial charge in [0.25, 0.3) is 17.6 Å². The molecule has 0 aromatic heterocycles. The lowest BCUT2D eigenvalue weighted by molar-refractivity contribution is -0.145. The number of carbonyl (C=O) groups is 3. The lowest BCUT2D eigenvalue weighted by atomic mass is 9.81. The Morgan fingerprint density at radius 3 is 2.52 bits per heavy atom. The Bertz CT molecular complexity index is 1120. The zero-order valence-corrected chi connectivity index (χ0v) is 17.1. The number of aliphatic hydroxyl groups excluding tert-OH is 1. The Balaban J connectivity index is 1.80. The normalized spacial score (nSPS) is 26.9. The number of hydrogen-bond donors (Lipinski definition) is 1. The van der Waals surface area contributed by atoms with E-state index in [0.717, 1.165) is 12.8 Å². The van der Waals surface area contributed by atoms with Crippen LogP contribution in [0, 0.1) is 0 Å². The van der Waals surface area contributed by atoms with Gasteiger partial charge in [0.05, 0.1) is 11.7 Å². The highest BCUT2D eigenvalue weighted by Gasteiger charge is 2.66. The van der Waals surface area contributed by atoms with E-state index >= 15 is 0 Å². The number of ketones is 1. The van der Waals surface area contributed by atoms with E-state index in [1.807, 2.05) is 0 Å². The van der Waals surface area contributed by atoms with Gasteiger partial charge in [-0.3, -0.25) is 14.4 Å². The number of carbonyl (C=O) groups excluding carboxylic acids is 3. The third-order valence-electron chi connectivity index (χ3n) is 6.40. The van der Waals surface area contributed by atoms with Gasteiger partial charge in [0.2, 0.25) is 0 Å². The molecule has 1 N–H and O–H groups in total. The first-order chi connectivity index (χ1) is 15.0. The number of Topliss-reactive ketones (excluding diaryl/α,β-unsaturated/α-hetero) is 1. The number of hydrogen-bond acceptors (Lipinski definition) is 5. The third kappa shape index (κ3) is 2.59. The van der Waals surface area contributed by atoms with Crippen molar-refractivity contribution in [2.24, 2.45) is 0 Å². The molecule has 2 aromatic rings. The van der Waals surface area contributed by atoms with Crippen LogP contribution in [-0.2, 0) is 24.7 Å². The third-order valence-corrected chi connectivity index (χ3v) is 6.40. The summed E-state index contributed by atoms with van der Waals surface area (Å²) in [5.74, 6) is -2.46. The summed E-state index contributed by atoms with van der Waals surface area (Å²) in [5.41, 5.74) is -0.422. The number of aliphatic hydroxyl groups is 1. The van der Waals surface area contributed by atoms with Gasteiger partial charge < -0.3 is 19.6 Å². The minimum Gasteiger partial charge on any atom is -0.507 e. The van der Waals surface area contributed by atoms with Gasteiger partial charge in [0.1, 0.15) is 5.76 Å². The molecule has 7 nitrogen and oxygen atoms in total. The van der Waals surface area contributed by atoms with Gasteiger partial charge in [0.15, 0.2) is 5.54 Å². The van der Waals surface area contributed by atoms with Crippen LogP contribution in [0.1, 0.15) is 24.0 Å². The van der Waals surface area contributed by atoms with E-state index in [1.54, 1.807) is 61.6 Å². The van der Waals surface area contributed by atoms with E-state index in [4.69, 9.17) is 4.74 Å². The van der Waals surface area contributed by atoms with Crippen LogP contribution in [0.2, 0.25) is 0 Å². The van der Waals surface area contributed by atoms with Gasteiger partial charge in [-0.15, -0.1) is 0 Å². The Labute approximate surface area is 179 Å².